The summed E-state index contributed by atoms with van der Waals surface area (Å²) in [5, 5.41) is 8.83. The second-order valence-electron chi connectivity index (χ2n) is 7.56. The van der Waals surface area contributed by atoms with Crippen LogP contribution in [0, 0.1) is 6.92 Å². The Morgan fingerprint density at radius 3 is 2.35 bits per heavy atom. The van der Waals surface area contributed by atoms with Crippen LogP contribution in [0.5, 0.6) is 0 Å². The van der Waals surface area contributed by atoms with Gasteiger partial charge in [-0.05, 0) is 30.2 Å². The smallest absolute Gasteiger partial charge is 0.298 e. The summed E-state index contributed by atoms with van der Waals surface area (Å²) in [5.41, 5.74) is 3.12. The molecular weight excluding hydrogens is 460 g/mol. The van der Waals surface area contributed by atoms with Gasteiger partial charge in [0, 0.05) is 24.1 Å². The lowest BCUT2D eigenvalue weighted by atomic mass is 10.1. The van der Waals surface area contributed by atoms with Crippen LogP contribution in [0.25, 0.3) is 28.3 Å². The molecule has 0 unspecified atom stereocenters. The molecule has 0 radical (unpaired) electrons. The van der Waals surface area contributed by atoms with Crippen LogP contribution in [-0.2, 0) is 20.6 Å². The molecule has 0 aliphatic heterocycles. The van der Waals surface area contributed by atoms with Crippen molar-refractivity contribution < 1.29 is 0 Å². The quantitative estimate of drug-likeness (QED) is 0.399. The lowest BCUT2D eigenvalue weighted by Crippen LogP contribution is -2.37. The molecule has 0 atom stereocenters. The first-order valence-electron chi connectivity index (χ1n) is 9.72. The molecule has 0 aliphatic rings. The topological polar surface area (TPSA) is 79.1 Å². The minimum Gasteiger partial charge on any atom is -0.298 e. The fraction of sp³-hybridized carbons (Fsp3) is 0.182. The molecule has 5 aromatic rings. The van der Waals surface area contributed by atoms with Gasteiger partial charge in [0.25, 0.3) is 5.56 Å². The molecule has 31 heavy (non-hydrogen) atoms. The van der Waals surface area contributed by atoms with Gasteiger partial charge < -0.3 is 0 Å². The highest BCUT2D eigenvalue weighted by molar-refractivity contribution is 9.10. The Hall–Kier alpha value is -3.46. The fourth-order valence-electron chi connectivity index (χ4n) is 3.95. The van der Waals surface area contributed by atoms with Crippen molar-refractivity contribution in [2.45, 2.75) is 13.5 Å². The van der Waals surface area contributed by atoms with Crippen molar-refractivity contribution in [2.75, 3.05) is 0 Å². The summed E-state index contributed by atoms with van der Waals surface area (Å²) in [4.78, 5) is 26.0. The molecule has 5 rings (SSSR count). The molecule has 0 spiro atoms. The number of rotatable bonds is 3. The van der Waals surface area contributed by atoms with Crippen LogP contribution in [-0.4, -0.2) is 28.3 Å². The van der Waals surface area contributed by atoms with E-state index in [1.807, 2.05) is 60.0 Å². The van der Waals surface area contributed by atoms with E-state index in [1.165, 1.54) is 11.6 Å². The van der Waals surface area contributed by atoms with Crippen LogP contribution >= 0.6 is 15.9 Å². The number of halogens is 1. The largest absolute Gasteiger partial charge is 0.332 e. The molecule has 156 valence electrons. The van der Waals surface area contributed by atoms with Gasteiger partial charge in [-0.15, -0.1) is 10.2 Å². The van der Waals surface area contributed by atoms with Crippen molar-refractivity contribution in [3.63, 3.8) is 0 Å². The van der Waals surface area contributed by atoms with Crippen molar-refractivity contribution in [1.29, 1.82) is 0 Å². The molecular formula is C22H19BrN6O2. The summed E-state index contributed by atoms with van der Waals surface area (Å²) >= 11 is 3.45. The number of hydrogen-bond acceptors (Lipinski definition) is 4. The standard InChI is InChI=1S/C22H19BrN6O2/c1-13-6-4-5-7-15(13)12-28-17-19(26(2)22(31)27(3)20(17)30)29-18(24-25-21(28)29)14-8-10-16(23)11-9-14/h4-11H,12H2,1-3H3. The third-order valence-corrected chi connectivity index (χ3v) is 6.20. The van der Waals surface area contributed by atoms with Gasteiger partial charge in [0.2, 0.25) is 5.78 Å². The van der Waals surface area contributed by atoms with E-state index in [2.05, 4.69) is 26.1 Å². The van der Waals surface area contributed by atoms with Gasteiger partial charge in [0.15, 0.2) is 17.0 Å². The van der Waals surface area contributed by atoms with Crippen molar-refractivity contribution >= 4 is 32.9 Å². The first kappa shape index (κ1) is 19.5. The number of imidazole rings is 1. The zero-order valence-electron chi connectivity index (χ0n) is 17.2. The zero-order valence-corrected chi connectivity index (χ0v) is 18.8. The molecule has 0 aliphatic carbocycles. The normalized spacial score (nSPS) is 11.6. The van der Waals surface area contributed by atoms with Crippen LogP contribution in [0.2, 0.25) is 0 Å². The van der Waals surface area contributed by atoms with Gasteiger partial charge in [-0.2, -0.15) is 0 Å². The van der Waals surface area contributed by atoms with E-state index < -0.39 is 5.69 Å². The molecule has 0 amide bonds. The predicted octanol–water partition coefficient (Wildman–Crippen LogP) is 2.87. The highest BCUT2D eigenvalue weighted by Gasteiger charge is 2.24. The van der Waals surface area contributed by atoms with Crippen molar-refractivity contribution in [2.24, 2.45) is 14.1 Å². The minimum atomic E-state index is -0.400. The summed E-state index contributed by atoms with van der Waals surface area (Å²) in [6, 6.07) is 15.7. The van der Waals surface area contributed by atoms with Crippen molar-refractivity contribution in [3.8, 4) is 11.4 Å². The summed E-state index contributed by atoms with van der Waals surface area (Å²) in [6.07, 6.45) is 0. The van der Waals surface area contributed by atoms with Crippen LogP contribution in [0.4, 0.5) is 0 Å². The first-order chi connectivity index (χ1) is 14.9. The third kappa shape index (κ3) is 2.88. The van der Waals surface area contributed by atoms with E-state index in [9.17, 15) is 9.59 Å². The summed E-state index contributed by atoms with van der Waals surface area (Å²) in [6.45, 7) is 2.47. The second-order valence-corrected chi connectivity index (χ2v) is 8.47. The van der Waals surface area contributed by atoms with Crippen molar-refractivity contribution in [1.82, 2.24) is 28.3 Å². The van der Waals surface area contributed by atoms with Crippen LogP contribution in [0.15, 0.2) is 62.6 Å². The Labute approximate surface area is 185 Å². The van der Waals surface area contributed by atoms with E-state index in [-0.39, 0.29) is 5.56 Å². The Morgan fingerprint density at radius 1 is 0.935 bits per heavy atom. The Morgan fingerprint density at radius 2 is 1.65 bits per heavy atom. The monoisotopic (exact) mass is 478 g/mol. The number of benzene rings is 2. The van der Waals surface area contributed by atoms with Gasteiger partial charge in [-0.1, -0.05) is 52.3 Å². The highest BCUT2D eigenvalue weighted by Crippen LogP contribution is 2.26. The van der Waals surface area contributed by atoms with Crippen molar-refractivity contribution in [3.05, 3.63) is 85.0 Å². The number of aromatic nitrogens is 6. The van der Waals surface area contributed by atoms with Gasteiger partial charge in [-0.25, -0.2) is 9.20 Å². The molecule has 2 aromatic carbocycles. The summed E-state index contributed by atoms with van der Waals surface area (Å²) in [7, 11) is 3.15. The predicted molar refractivity (Wildman–Crippen MR) is 122 cm³/mol. The average Bonchev–Trinajstić information content (AvgIpc) is 3.32. The van der Waals surface area contributed by atoms with Crippen LogP contribution in [0.1, 0.15) is 11.1 Å². The molecule has 3 heterocycles. The number of fused-ring (bicyclic) bond motifs is 3. The minimum absolute atomic E-state index is 0.362. The number of hydrogen-bond donors (Lipinski definition) is 0. The number of aryl methyl sites for hydroxylation is 2. The van der Waals surface area contributed by atoms with Gasteiger partial charge in [-0.3, -0.25) is 18.5 Å². The van der Waals surface area contributed by atoms with Crippen LogP contribution < -0.4 is 11.2 Å². The van der Waals surface area contributed by atoms with E-state index in [0.29, 0.717) is 29.3 Å². The number of nitrogens with zero attached hydrogens (tertiary/aromatic N) is 6. The Kier molecular flexibility index (Phi) is 4.44. The van der Waals surface area contributed by atoms with E-state index >= 15 is 0 Å². The van der Waals surface area contributed by atoms with Gasteiger partial charge >= 0.3 is 5.69 Å². The molecule has 9 heteroatoms. The zero-order chi connectivity index (χ0) is 21.9. The van der Waals surface area contributed by atoms with E-state index in [4.69, 9.17) is 0 Å². The maximum atomic E-state index is 13.2. The maximum Gasteiger partial charge on any atom is 0.332 e. The summed E-state index contributed by atoms with van der Waals surface area (Å²) in [5.74, 6) is 1.08. The summed E-state index contributed by atoms with van der Waals surface area (Å²) < 4.78 is 7.18. The third-order valence-electron chi connectivity index (χ3n) is 5.67. The Bertz CT molecular complexity index is 1590. The Balaban J connectivity index is 1.92. The lowest BCUT2D eigenvalue weighted by Gasteiger charge is -2.09. The van der Waals surface area contributed by atoms with Gasteiger partial charge in [0.1, 0.15) is 0 Å². The maximum absolute atomic E-state index is 13.2. The molecule has 0 saturated carbocycles. The van der Waals surface area contributed by atoms with Gasteiger partial charge in [0.05, 0.1) is 6.54 Å². The first-order valence-corrected chi connectivity index (χ1v) is 10.5. The molecule has 0 N–H and O–H groups in total. The van der Waals surface area contributed by atoms with E-state index in [1.54, 1.807) is 11.4 Å². The SMILES string of the molecule is Cc1ccccc1Cn1c2c(=O)n(C)c(=O)n(C)c2n2c(-c3ccc(Br)cc3)nnc12. The molecule has 0 fully saturated rings. The molecule has 8 nitrogen and oxygen atoms in total. The average molecular weight is 479 g/mol. The lowest BCUT2D eigenvalue weighted by molar-refractivity contribution is 0.700. The second kappa shape index (κ2) is 7.05. The molecule has 0 saturated heterocycles. The van der Waals surface area contributed by atoms with Crippen LogP contribution in [0.3, 0.4) is 0 Å². The van der Waals surface area contributed by atoms with E-state index in [0.717, 1.165) is 25.7 Å². The molecule has 3 aromatic heterocycles. The molecule has 0 bridgehead atoms. The fourth-order valence-corrected chi connectivity index (χ4v) is 4.21. The highest BCUT2D eigenvalue weighted by atomic mass is 79.9.